The van der Waals surface area contributed by atoms with E-state index >= 15 is 0 Å². The average Bonchev–Trinajstić information content (AvgIpc) is 0.909. The van der Waals surface area contributed by atoms with Gasteiger partial charge in [0.2, 0.25) is 0 Å². The zero-order valence-electron chi connectivity index (χ0n) is 81.0. The van der Waals surface area contributed by atoms with Crippen LogP contribution in [0.3, 0.4) is 0 Å². The molecule has 2 atom stereocenters. The van der Waals surface area contributed by atoms with Crippen molar-refractivity contribution in [2.45, 2.75) is 406 Å². The summed E-state index contributed by atoms with van der Waals surface area (Å²) in [7, 11) is -2.77. The molecule has 0 aliphatic heterocycles. The fraction of sp³-hybridized carbons (Fsp3) is 0.946. The molecule has 2 unspecified atom stereocenters. The molecular weight excluding hydrogens is 1470 g/mol. The summed E-state index contributed by atoms with van der Waals surface area (Å²) in [6, 6.07) is 0. The lowest BCUT2D eigenvalue weighted by atomic mass is 9.97. The number of thioether (sulfide) groups is 1. The SMILES string of the molecule is C=CC(=O)OCCC.CCC.CCC(C)C.CCC(COC(C)C)OC(C)=O.CCCC(C)C.CCCCC(CC)CC.CCCCC(CC)COCCOCCC.CCCCCCCP(=O)(OCC)OCC.CCCCOCCOCCC.CCCCOCCOCCOCCC.CCCCSCC(=O)OCC.CCCO. The Morgan fingerprint density at radius 1 is 0.398 bits per heavy atom. The molecule has 0 saturated heterocycles. The molecule has 0 saturated carbocycles. The van der Waals surface area contributed by atoms with Crippen molar-refractivity contribution in [2.75, 3.05) is 150 Å². The number of carbonyl (C=O) groups excluding carboxylic acids is 3. The number of esters is 3. The fourth-order valence-electron chi connectivity index (χ4n) is 8.03. The molecule has 0 radical (unpaired) electrons. The van der Waals surface area contributed by atoms with Crippen molar-refractivity contribution < 1.29 is 85.2 Å². The molecule has 113 heavy (non-hydrogen) atoms. The second kappa shape index (κ2) is 134. The van der Waals surface area contributed by atoms with E-state index in [0.29, 0.717) is 78.0 Å². The maximum atomic E-state index is 12.0. The summed E-state index contributed by atoms with van der Waals surface area (Å²) in [4.78, 5) is 31.6. The van der Waals surface area contributed by atoms with E-state index < -0.39 is 7.60 Å². The maximum absolute atomic E-state index is 12.0. The van der Waals surface area contributed by atoms with Crippen LogP contribution in [0.25, 0.3) is 0 Å². The van der Waals surface area contributed by atoms with Gasteiger partial charge in [-0.25, -0.2) is 4.79 Å². The highest BCUT2D eigenvalue weighted by Crippen LogP contribution is 2.48. The summed E-state index contributed by atoms with van der Waals surface area (Å²) in [6.45, 7) is 77.6. The number of rotatable bonds is 63. The molecule has 18 nitrogen and oxygen atoms in total. The van der Waals surface area contributed by atoms with Crippen LogP contribution >= 0.6 is 19.4 Å². The minimum Gasteiger partial charge on any atom is -0.465 e. The third-order valence-corrected chi connectivity index (χ3v) is 18.3. The number of hydrogen-bond acceptors (Lipinski definition) is 19. The molecule has 20 heteroatoms. The van der Waals surface area contributed by atoms with E-state index in [1.165, 1.54) is 135 Å². The minimum atomic E-state index is -2.77. The quantitative estimate of drug-likeness (QED) is 0.0197. The zero-order chi connectivity index (χ0) is 88.8. The third kappa shape index (κ3) is 170. The smallest absolute Gasteiger partial charge is 0.330 e. The predicted octanol–water partition coefficient (Wildman–Crippen LogP) is 27.2. The summed E-state index contributed by atoms with van der Waals surface area (Å²) in [6.07, 6.45) is 37.8. The molecule has 0 aromatic carbocycles. The van der Waals surface area contributed by atoms with Gasteiger partial charge in [0.05, 0.1) is 104 Å². The van der Waals surface area contributed by atoms with Crippen LogP contribution in [0.4, 0.5) is 0 Å². The molecule has 0 aliphatic rings. The molecule has 0 heterocycles. The summed E-state index contributed by atoms with van der Waals surface area (Å²) >= 11 is 1.65. The molecule has 0 aromatic heterocycles. The molecule has 0 rings (SSSR count). The molecule has 1 N–H and O–H groups in total. The Morgan fingerprint density at radius 2 is 0.788 bits per heavy atom. The van der Waals surface area contributed by atoms with Gasteiger partial charge in [-0.2, -0.15) is 11.8 Å². The van der Waals surface area contributed by atoms with Gasteiger partial charge in [0.25, 0.3) is 0 Å². The molecule has 0 aliphatic carbocycles. The first-order valence-electron chi connectivity index (χ1n) is 46.1. The van der Waals surface area contributed by atoms with Gasteiger partial charge < -0.3 is 66.3 Å². The first kappa shape index (κ1) is 137. The van der Waals surface area contributed by atoms with E-state index in [0.717, 1.165) is 166 Å². The van der Waals surface area contributed by atoms with E-state index in [-0.39, 0.29) is 30.1 Å². The number of ether oxygens (including phenoxy) is 11. The van der Waals surface area contributed by atoms with Crippen molar-refractivity contribution in [3.63, 3.8) is 0 Å². The number of unbranched alkanes of at least 4 members (excludes halogenated alkanes) is 9. The first-order valence-corrected chi connectivity index (χ1v) is 49.0. The number of aliphatic hydroxyl groups is 1. The largest absolute Gasteiger partial charge is 0.465 e. The topological polar surface area (TPSA) is 208 Å². The van der Waals surface area contributed by atoms with Crippen LogP contribution in [0.1, 0.15) is 393 Å². The van der Waals surface area contributed by atoms with Gasteiger partial charge in [-0.15, -0.1) is 0 Å². The summed E-state index contributed by atoms with van der Waals surface area (Å²) in [5.74, 6) is 4.43. The molecule has 0 aromatic rings. The van der Waals surface area contributed by atoms with E-state index in [4.69, 9.17) is 61.5 Å². The van der Waals surface area contributed by atoms with Crippen molar-refractivity contribution in [2.24, 2.45) is 23.7 Å². The molecule has 0 fully saturated rings. The number of hydrogen-bond donors (Lipinski definition) is 1. The van der Waals surface area contributed by atoms with Gasteiger partial charge in [-0.1, -0.05) is 288 Å². The van der Waals surface area contributed by atoms with E-state index in [9.17, 15) is 18.9 Å². The van der Waals surface area contributed by atoms with E-state index in [1.54, 1.807) is 11.8 Å². The van der Waals surface area contributed by atoms with Crippen LogP contribution in [-0.2, 0) is 80.1 Å². The normalized spacial score (nSPS) is 10.8. The van der Waals surface area contributed by atoms with Gasteiger partial charge in [-0.3, -0.25) is 14.2 Å². The van der Waals surface area contributed by atoms with Crippen molar-refractivity contribution in [3.8, 4) is 0 Å². The Balaban J connectivity index is -0.000000101. The number of carbonyl (C=O) groups is 3. The second-order valence-corrected chi connectivity index (χ2v) is 31.6. The predicted molar refractivity (Wildman–Crippen MR) is 493 cm³/mol. The summed E-state index contributed by atoms with van der Waals surface area (Å²) in [5.41, 5.74) is 0. The highest BCUT2D eigenvalue weighted by molar-refractivity contribution is 7.99. The minimum absolute atomic E-state index is 0.0893. The second-order valence-electron chi connectivity index (χ2n) is 28.3. The summed E-state index contributed by atoms with van der Waals surface area (Å²) in [5, 5.41) is 7.88. The van der Waals surface area contributed by atoms with E-state index in [1.807, 2.05) is 55.4 Å². The maximum Gasteiger partial charge on any atom is 0.330 e. The van der Waals surface area contributed by atoms with E-state index in [2.05, 4.69) is 150 Å². The molecule has 0 spiro atoms. The highest BCUT2D eigenvalue weighted by Gasteiger charge is 2.22. The Hall–Kier alpha value is -1.71. The zero-order valence-corrected chi connectivity index (χ0v) is 82.7. The number of aliphatic hydroxyl groups excluding tert-OH is 1. The third-order valence-electron chi connectivity index (χ3n) is 15.1. The van der Waals surface area contributed by atoms with Crippen LogP contribution in [0.2, 0.25) is 0 Å². The average molecular weight is 1670 g/mol. The lowest BCUT2D eigenvalue weighted by molar-refractivity contribution is -0.150. The van der Waals surface area contributed by atoms with Crippen molar-refractivity contribution in [1.82, 2.24) is 0 Å². The standard InChI is InChI=1S/C13H28O2.C11H25O3P.C11H24O3.C9H18O3.C9H20O2.C9H20.C8H16O2S.C6H10O2.C6H14.C5H12.C3H8O.C3H8/c1-4-7-8-13(6-3)12-15-11-10-14-9-5-2;1-4-7-8-9-10-11-15(12,13-5-2)14-6-3;1-3-5-7-13-9-11-14-10-8-12-6-4-2;1-5-9(12-8(4)10)6-11-7(2)3;1-3-5-7-11-9-8-10-6-4-2;1-4-7-8-9(5-2)6-3;1-3-5-6-11-7-8(9)10-4-2;1-3-5-8-6(7)4-2;1-4-5-6(2)3;1-4-5(2)3;1-2-3-4;1-3-2/h13H,4-12H2,1-3H3;4-11H2,1-3H3;3-11H2,1-2H3;7,9H,5-6H2,1-4H3;3-9H2,1-2H3;9H,4-8H2,1-3H3;3-7H2,1-2H3;4H,2-3,5H2,1H3;6H,4-5H2,1-3H3;5H,4H2,1-3H3;4H,2-3H2,1H3;3H2,1-2H3. The van der Waals surface area contributed by atoms with Crippen LogP contribution in [0, 0.1) is 23.7 Å². The fourth-order valence-corrected chi connectivity index (χ4v) is 10.6. The first-order chi connectivity index (χ1) is 54.2. The van der Waals surface area contributed by atoms with Crippen LogP contribution in [-0.4, -0.2) is 185 Å². The Kier molecular flexibility index (Phi) is 162. The molecule has 0 bridgehead atoms. The van der Waals surface area contributed by atoms with Crippen molar-refractivity contribution >= 4 is 37.3 Å². The lowest BCUT2D eigenvalue weighted by Gasteiger charge is -2.16. The van der Waals surface area contributed by atoms with Crippen molar-refractivity contribution in [1.29, 1.82) is 0 Å². The molecule has 0 amide bonds. The van der Waals surface area contributed by atoms with Crippen LogP contribution < -0.4 is 0 Å². The van der Waals surface area contributed by atoms with Gasteiger partial charge >= 0.3 is 25.5 Å². The summed E-state index contributed by atoms with van der Waals surface area (Å²) < 4.78 is 79.5. The molecular formula is C93H203O18PS. The van der Waals surface area contributed by atoms with Crippen LogP contribution in [0.15, 0.2) is 12.7 Å². The van der Waals surface area contributed by atoms with Gasteiger partial charge in [0, 0.05) is 59.2 Å². The van der Waals surface area contributed by atoms with Crippen molar-refractivity contribution in [3.05, 3.63) is 12.7 Å². The Bertz CT molecular complexity index is 1620. The Labute approximate surface area is 710 Å². The monoisotopic (exact) mass is 1670 g/mol. The highest BCUT2D eigenvalue weighted by atomic mass is 32.2. The Morgan fingerprint density at radius 3 is 1.10 bits per heavy atom. The van der Waals surface area contributed by atoms with Gasteiger partial charge in [0.1, 0.15) is 6.10 Å². The molecule has 694 valence electrons. The van der Waals surface area contributed by atoms with Crippen LogP contribution in [0.5, 0.6) is 0 Å². The van der Waals surface area contributed by atoms with Gasteiger partial charge in [0.15, 0.2) is 0 Å². The lowest BCUT2D eigenvalue weighted by Crippen LogP contribution is -2.23. The van der Waals surface area contributed by atoms with Gasteiger partial charge in [-0.05, 0) is 135 Å².